The average molecular weight is 420 g/mol. The van der Waals surface area contributed by atoms with Crippen LogP contribution >= 0.6 is 0 Å². The van der Waals surface area contributed by atoms with Gasteiger partial charge in [0.2, 0.25) is 5.78 Å². The largest absolute Gasteiger partial charge is 0.452 e. The van der Waals surface area contributed by atoms with Gasteiger partial charge in [-0.2, -0.15) is 8.42 Å². The van der Waals surface area contributed by atoms with Gasteiger partial charge in [0.15, 0.2) is 5.76 Å². The molecule has 0 unspecified atom stereocenters. The molecule has 1 aliphatic rings. The zero-order valence-electron chi connectivity index (χ0n) is 16.6. The average Bonchev–Trinajstić information content (AvgIpc) is 3.03. The number of hydrogen-bond donors (Lipinski definition) is 0. The Morgan fingerprint density at radius 1 is 0.967 bits per heavy atom. The minimum Gasteiger partial charge on any atom is -0.452 e. The number of ether oxygens (including phenoxy) is 1. The van der Waals surface area contributed by atoms with Crippen LogP contribution in [0.5, 0.6) is 11.5 Å². The van der Waals surface area contributed by atoms with Gasteiger partial charge in [0.05, 0.1) is 5.56 Å². The molecule has 4 rings (SSSR count). The lowest BCUT2D eigenvalue weighted by Crippen LogP contribution is -2.09. The normalized spacial score (nSPS) is 14.5. The van der Waals surface area contributed by atoms with Crippen LogP contribution in [0.15, 0.2) is 77.4 Å². The van der Waals surface area contributed by atoms with Crippen LogP contribution in [-0.2, 0) is 16.5 Å². The van der Waals surface area contributed by atoms with E-state index in [9.17, 15) is 13.2 Å². The Morgan fingerprint density at radius 2 is 1.67 bits per heavy atom. The third-order valence-electron chi connectivity index (χ3n) is 4.84. The first kappa shape index (κ1) is 19.9. The highest BCUT2D eigenvalue weighted by atomic mass is 32.2. The maximum absolute atomic E-state index is 12.6. The minimum absolute atomic E-state index is 0.0571. The quantitative estimate of drug-likeness (QED) is 0.432. The predicted octanol–water partition coefficient (Wildman–Crippen LogP) is 4.94. The van der Waals surface area contributed by atoms with Crippen LogP contribution in [0.2, 0.25) is 0 Å². The first-order valence-corrected chi connectivity index (χ1v) is 10.9. The number of hydrogen-bond acceptors (Lipinski definition) is 5. The maximum Gasteiger partial charge on any atom is 0.339 e. The molecule has 1 aliphatic heterocycles. The molecule has 30 heavy (non-hydrogen) atoms. The number of fused-ring (bicyclic) bond motifs is 1. The first-order valence-electron chi connectivity index (χ1n) is 9.54. The van der Waals surface area contributed by atoms with Crippen molar-refractivity contribution in [1.82, 2.24) is 0 Å². The van der Waals surface area contributed by atoms with Crippen LogP contribution in [-0.4, -0.2) is 14.2 Å². The van der Waals surface area contributed by atoms with Gasteiger partial charge in [-0.3, -0.25) is 4.79 Å². The lowest BCUT2D eigenvalue weighted by molar-refractivity contribution is 0.101. The van der Waals surface area contributed by atoms with Crippen molar-refractivity contribution in [3.63, 3.8) is 0 Å². The summed E-state index contributed by atoms with van der Waals surface area (Å²) in [7, 11) is -3.98. The third-order valence-corrected chi connectivity index (χ3v) is 6.10. The van der Waals surface area contributed by atoms with E-state index in [1.165, 1.54) is 35.9 Å². The Balaban J connectivity index is 1.57. The summed E-state index contributed by atoms with van der Waals surface area (Å²) in [5, 5.41) is 0. The van der Waals surface area contributed by atoms with E-state index < -0.39 is 10.1 Å². The van der Waals surface area contributed by atoms with Gasteiger partial charge >= 0.3 is 10.1 Å². The van der Waals surface area contributed by atoms with Crippen LogP contribution in [0.4, 0.5) is 0 Å². The molecule has 0 saturated heterocycles. The molecule has 3 aromatic carbocycles. The highest BCUT2D eigenvalue weighted by Crippen LogP contribution is 2.35. The van der Waals surface area contributed by atoms with E-state index in [0.717, 1.165) is 17.5 Å². The molecule has 0 atom stereocenters. The molecule has 1 heterocycles. The van der Waals surface area contributed by atoms with Crippen LogP contribution in [0.3, 0.4) is 0 Å². The van der Waals surface area contributed by atoms with Crippen molar-refractivity contribution in [2.75, 3.05) is 0 Å². The molecule has 6 heteroatoms. The van der Waals surface area contributed by atoms with Crippen molar-refractivity contribution >= 4 is 22.0 Å². The van der Waals surface area contributed by atoms with Gasteiger partial charge in [-0.1, -0.05) is 48.9 Å². The topological polar surface area (TPSA) is 69.7 Å². The van der Waals surface area contributed by atoms with Gasteiger partial charge in [0.25, 0.3) is 0 Å². The molecule has 0 saturated carbocycles. The van der Waals surface area contributed by atoms with Gasteiger partial charge in [-0.15, -0.1) is 0 Å². The number of allylic oxidation sites excluding steroid dienone is 1. The van der Waals surface area contributed by atoms with E-state index >= 15 is 0 Å². The fourth-order valence-electron chi connectivity index (χ4n) is 3.10. The van der Waals surface area contributed by atoms with E-state index in [-0.39, 0.29) is 27.9 Å². The molecular weight excluding hydrogens is 400 g/mol. The highest BCUT2D eigenvalue weighted by Gasteiger charge is 2.28. The predicted molar refractivity (Wildman–Crippen MR) is 114 cm³/mol. The van der Waals surface area contributed by atoms with E-state index in [1.807, 2.05) is 31.2 Å². The number of rotatable bonds is 5. The molecule has 3 aromatic rings. The Morgan fingerprint density at radius 3 is 2.33 bits per heavy atom. The zero-order valence-corrected chi connectivity index (χ0v) is 17.4. The van der Waals surface area contributed by atoms with Crippen molar-refractivity contribution in [1.29, 1.82) is 0 Å². The highest BCUT2D eigenvalue weighted by molar-refractivity contribution is 7.87. The second-order valence-corrected chi connectivity index (χ2v) is 8.59. The molecule has 0 spiro atoms. The van der Waals surface area contributed by atoms with Crippen LogP contribution in [0, 0.1) is 6.92 Å². The van der Waals surface area contributed by atoms with Gasteiger partial charge in [-0.25, -0.2) is 0 Å². The van der Waals surface area contributed by atoms with E-state index in [0.29, 0.717) is 5.56 Å². The number of carbonyl (C=O) groups is 1. The lowest BCUT2D eigenvalue weighted by atomic mass is 10.1. The molecule has 0 bridgehead atoms. The molecule has 0 radical (unpaired) electrons. The molecule has 0 aliphatic carbocycles. The van der Waals surface area contributed by atoms with Crippen molar-refractivity contribution in [3.8, 4) is 11.5 Å². The summed E-state index contributed by atoms with van der Waals surface area (Å²) in [5.74, 6) is 0.286. The summed E-state index contributed by atoms with van der Waals surface area (Å²) in [5.41, 5.74) is 3.37. The second-order valence-electron chi connectivity index (χ2n) is 7.04. The molecule has 5 nitrogen and oxygen atoms in total. The number of ketones is 1. The summed E-state index contributed by atoms with van der Waals surface area (Å²) >= 11 is 0. The van der Waals surface area contributed by atoms with Gasteiger partial charge in [0, 0.05) is 6.07 Å². The van der Waals surface area contributed by atoms with Crippen molar-refractivity contribution in [3.05, 3.63) is 94.7 Å². The second kappa shape index (κ2) is 7.80. The molecular formula is C24H20O5S. The monoisotopic (exact) mass is 420 g/mol. The van der Waals surface area contributed by atoms with Crippen LogP contribution in [0.1, 0.15) is 34.0 Å². The summed E-state index contributed by atoms with van der Waals surface area (Å²) in [4.78, 5) is 12.7. The minimum atomic E-state index is -3.98. The van der Waals surface area contributed by atoms with Crippen molar-refractivity contribution in [2.24, 2.45) is 0 Å². The Kier molecular flexibility index (Phi) is 5.18. The fraction of sp³-hybridized carbons (Fsp3) is 0.125. The Bertz CT molecular complexity index is 1240. The number of Topliss-reactive ketones (excluding diaryl/α,β-unsaturated/α-hetero) is 1. The zero-order chi connectivity index (χ0) is 21.3. The summed E-state index contributed by atoms with van der Waals surface area (Å²) in [6.45, 7) is 3.95. The summed E-state index contributed by atoms with van der Waals surface area (Å²) in [6, 6.07) is 18.6. The van der Waals surface area contributed by atoms with Crippen LogP contribution < -0.4 is 8.92 Å². The number of carbonyl (C=O) groups excluding carboxylic acids is 1. The Hall–Kier alpha value is -3.38. The van der Waals surface area contributed by atoms with E-state index in [2.05, 4.69) is 6.92 Å². The first-order chi connectivity index (χ1) is 14.4. The fourth-order valence-corrected chi connectivity index (χ4v) is 4.02. The van der Waals surface area contributed by atoms with E-state index in [1.54, 1.807) is 18.2 Å². The molecule has 0 aromatic heterocycles. The Labute approximate surface area is 175 Å². The molecule has 0 fully saturated rings. The van der Waals surface area contributed by atoms with Crippen molar-refractivity contribution in [2.45, 2.75) is 25.2 Å². The lowest BCUT2D eigenvalue weighted by Gasteiger charge is -2.08. The SMILES string of the molecule is CCc1ccc(C=C2Oc3cc(OS(=O)(=O)c4ccc(C)cc4)ccc3C2=O)cc1. The summed E-state index contributed by atoms with van der Waals surface area (Å²) < 4.78 is 35.9. The number of aryl methyl sites for hydroxylation is 2. The summed E-state index contributed by atoms with van der Waals surface area (Å²) in [6.07, 6.45) is 2.61. The maximum atomic E-state index is 12.6. The van der Waals surface area contributed by atoms with E-state index in [4.69, 9.17) is 8.92 Å². The van der Waals surface area contributed by atoms with Gasteiger partial charge < -0.3 is 8.92 Å². The molecule has 0 amide bonds. The third kappa shape index (κ3) is 4.00. The van der Waals surface area contributed by atoms with Gasteiger partial charge in [0.1, 0.15) is 16.4 Å². The molecule has 152 valence electrons. The van der Waals surface area contributed by atoms with Crippen molar-refractivity contribution < 1.29 is 22.1 Å². The number of benzene rings is 3. The standard InChI is InChI=1S/C24H20O5S/c1-3-17-6-8-18(9-7-17)14-23-24(25)21-13-10-19(15-22(21)28-23)29-30(26,27)20-11-4-16(2)5-12-20/h4-15H,3H2,1-2H3. The van der Waals surface area contributed by atoms with Gasteiger partial charge in [-0.05, 0) is 54.8 Å². The molecule has 0 N–H and O–H groups in total. The smallest absolute Gasteiger partial charge is 0.339 e. The van der Waals surface area contributed by atoms with Crippen LogP contribution in [0.25, 0.3) is 6.08 Å².